The molecular weight excluding hydrogens is 178 g/mol. The van der Waals surface area contributed by atoms with Gasteiger partial charge in [0.2, 0.25) is 5.91 Å². The van der Waals surface area contributed by atoms with Crippen molar-refractivity contribution in [3.8, 4) is 0 Å². The van der Waals surface area contributed by atoms with E-state index in [1.807, 2.05) is 0 Å². The zero-order valence-electron chi connectivity index (χ0n) is 6.69. The summed E-state index contributed by atoms with van der Waals surface area (Å²) in [5.41, 5.74) is 0. The Morgan fingerprint density at radius 1 is 1.46 bits per heavy atom. The third kappa shape index (κ3) is 2.17. The Kier molecular flexibility index (Phi) is 2.50. The number of carboxylic acid groups (broad SMARTS) is 2. The molecule has 1 heterocycles. The zero-order chi connectivity index (χ0) is 10.0. The molecule has 2 atom stereocenters. The van der Waals surface area contributed by atoms with E-state index >= 15 is 0 Å². The van der Waals surface area contributed by atoms with Crippen LogP contribution in [0, 0.1) is 5.92 Å². The highest BCUT2D eigenvalue weighted by atomic mass is 16.4. The summed E-state index contributed by atoms with van der Waals surface area (Å²) >= 11 is 0. The summed E-state index contributed by atoms with van der Waals surface area (Å²) in [5.74, 6) is -3.31. The molecular formula is C7H9NO5. The van der Waals surface area contributed by atoms with E-state index in [1.165, 1.54) is 0 Å². The van der Waals surface area contributed by atoms with Gasteiger partial charge in [-0.25, -0.2) is 4.79 Å². The monoisotopic (exact) mass is 187 g/mol. The Morgan fingerprint density at radius 2 is 2.08 bits per heavy atom. The van der Waals surface area contributed by atoms with E-state index in [4.69, 9.17) is 10.2 Å². The van der Waals surface area contributed by atoms with Gasteiger partial charge in [-0.05, 0) is 0 Å². The summed E-state index contributed by atoms with van der Waals surface area (Å²) in [6, 6.07) is -1.05. The highest BCUT2D eigenvalue weighted by Gasteiger charge is 2.38. The molecule has 0 aliphatic carbocycles. The van der Waals surface area contributed by atoms with Crippen LogP contribution < -0.4 is 5.32 Å². The van der Waals surface area contributed by atoms with Crippen molar-refractivity contribution in [1.82, 2.24) is 5.32 Å². The number of nitrogens with one attached hydrogen (secondary N) is 1. The van der Waals surface area contributed by atoms with Gasteiger partial charge in [-0.2, -0.15) is 0 Å². The summed E-state index contributed by atoms with van der Waals surface area (Å²) in [6.45, 7) is 0. The van der Waals surface area contributed by atoms with Gasteiger partial charge < -0.3 is 15.5 Å². The van der Waals surface area contributed by atoms with E-state index in [1.54, 1.807) is 0 Å². The van der Waals surface area contributed by atoms with Gasteiger partial charge in [-0.15, -0.1) is 0 Å². The molecule has 0 radical (unpaired) electrons. The molecule has 0 unspecified atom stereocenters. The van der Waals surface area contributed by atoms with Crippen LogP contribution in [-0.4, -0.2) is 34.1 Å². The zero-order valence-corrected chi connectivity index (χ0v) is 6.69. The number of hydrogen-bond donors (Lipinski definition) is 3. The van der Waals surface area contributed by atoms with Crippen molar-refractivity contribution in [3.05, 3.63) is 0 Å². The number of carbonyl (C=O) groups is 3. The minimum Gasteiger partial charge on any atom is -0.481 e. The maximum atomic E-state index is 10.8. The Hall–Kier alpha value is -1.59. The van der Waals surface area contributed by atoms with Crippen molar-refractivity contribution in [1.29, 1.82) is 0 Å². The van der Waals surface area contributed by atoms with Crippen molar-refractivity contribution >= 4 is 17.8 Å². The fraction of sp³-hybridized carbons (Fsp3) is 0.571. The largest absolute Gasteiger partial charge is 0.481 e. The first-order chi connectivity index (χ1) is 6.00. The highest BCUT2D eigenvalue weighted by Crippen LogP contribution is 2.20. The minimum absolute atomic E-state index is 0.0245. The van der Waals surface area contributed by atoms with E-state index in [0.29, 0.717) is 0 Å². The number of carbonyl (C=O) groups excluding carboxylic acids is 1. The summed E-state index contributed by atoms with van der Waals surface area (Å²) in [6.07, 6.45) is -0.320. The molecule has 1 saturated heterocycles. The second-order valence-corrected chi connectivity index (χ2v) is 2.95. The highest BCUT2D eigenvalue weighted by molar-refractivity contribution is 5.88. The maximum Gasteiger partial charge on any atom is 0.326 e. The lowest BCUT2D eigenvalue weighted by molar-refractivity contribution is -0.142. The average molecular weight is 187 g/mol. The molecule has 1 aliphatic rings. The molecule has 0 aromatic rings. The lowest BCUT2D eigenvalue weighted by atomic mass is 9.97. The number of amides is 1. The van der Waals surface area contributed by atoms with Gasteiger partial charge in [0.05, 0.1) is 6.42 Å². The van der Waals surface area contributed by atoms with Gasteiger partial charge in [-0.1, -0.05) is 0 Å². The van der Waals surface area contributed by atoms with Crippen LogP contribution in [0.15, 0.2) is 0 Å². The maximum absolute atomic E-state index is 10.8. The fourth-order valence-electron chi connectivity index (χ4n) is 1.38. The summed E-state index contributed by atoms with van der Waals surface area (Å²) < 4.78 is 0. The third-order valence-corrected chi connectivity index (χ3v) is 1.94. The van der Waals surface area contributed by atoms with Gasteiger partial charge in [0.15, 0.2) is 0 Å². The molecule has 1 aliphatic heterocycles. The molecule has 1 rings (SSSR count). The van der Waals surface area contributed by atoms with Crippen molar-refractivity contribution in [2.75, 3.05) is 0 Å². The molecule has 0 aromatic heterocycles. The summed E-state index contributed by atoms with van der Waals surface area (Å²) in [5, 5.41) is 19.2. The Labute approximate surface area is 73.5 Å². The summed E-state index contributed by atoms with van der Waals surface area (Å²) in [4.78, 5) is 31.6. The first-order valence-corrected chi connectivity index (χ1v) is 3.74. The van der Waals surface area contributed by atoms with Crippen LogP contribution in [0.1, 0.15) is 12.8 Å². The van der Waals surface area contributed by atoms with Crippen LogP contribution in [0.4, 0.5) is 0 Å². The Balaban J connectivity index is 2.66. The van der Waals surface area contributed by atoms with Crippen LogP contribution in [-0.2, 0) is 14.4 Å². The quantitative estimate of drug-likeness (QED) is 0.528. The number of carboxylic acids is 2. The molecule has 0 aromatic carbocycles. The predicted octanol–water partition coefficient (Wildman–Crippen LogP) is -0.950. The lowest BCUT2D eigenvalue weighted by Crippen LogP contribution is -2.37. The standard InChI is InChI=1S/C7H9NO5/c9-4-1-3(2-5(10)11)6(8-4)7(12)13/h3,6H,1-2H2,(H,8,9)(H,10,11)(H,12,13)/t3-,6+/m0/s1. The van der Waals surface area contributed by atoms with E-state index in [9.17, 15) is 14.4 Å². The minimum atomic E-state index is -1.18. The second-order valence-electron chi connectivity index (χ2n) is 2.95. The van der Waals surface area contributed by atoms with Crippen LogP contribution >= 0.6 is 0 Å². The van der Waals surface area contributed by atoms with E-state index in [2.05, 4.69) is 5.32 Å². The Morgan fingerprint density at radius 3 is 2.54 bits per heavy atom. The number of aliphatic carboxylic acids is 2. The van der Waals surface area contributed by atoms with E-state index in [0.717, 1.165) is 0 Å². The first-order valence-electron chi connectivity index (χ1n) is 3.74. The molecule has 1 fully saturated rings. The smallest absolute Gasteiger partial charge is 0.326 e. The molecule has 72 valence electrons. The molecule has 3 N–H and O–H groups in total. The lowest BCUT2D eigenvalue weighted by Gasteiger charge is -2.11. The van der Waals surface area contributed by atoms with Gasteiger partial charge in [0.25, 0.3) is 0 Å². The van der Waals surface area contributed by atoms with Crippen LogP contribution in [0.5, 0.6) is 0 Å². The number of rotatable bonds is 3. The molecule has 0 spiro atoms. The topological polar surface area (TPSA) is 104 Å². The average Bonchev–Trinajstić information content (AvgIpc) is 2.29. The number of hydrogen-bond acceptors (Lipinski definition) is 3. The molecule has 6 heteroatoms. The van der Waals surface area contributed by atoms with Gasteiger partial charge in [-0.3, -0.25) is 9.59 Å². The Bertz CT molecular complexity index is 262. The molecule has 13 heavy (non-hydrogen) atoms. The SMILES string of the molecule is O=C(O)C[C@@H]1CC(=O)N[C@H]1C(=O)O. The second kappa shape index (κ2) is 3.42. The van der Waals surface area contributed by atoms with Crippen molar-refractivity contribution in [2.24, 2.45) is 5.92 Å². The van der Waals surface area contributed by atoms with E-state index in [-0.39, 0.29) is 12.8 Å². The van der Waals surface area contributed by atoms with Crippen molar-refractivity contribution < 1.29 is 24.6 Å². The normalized spacial score (nSPS) is 26.9. The first kappa shape index (κ1) is 9.50. The molecule has 1 amide bonds. The summed E-state index contributed by atoms with van der Waals surface area (Å²) in [7, 11) is 0. The van der Waals surface area contributed by atoms with E-state index < -0.39 is 29.8 Å². The van der Waals surface area contributed by atoms with Crippen LogP contribution in [0.3, 0.4) is 0 Å². The molecule has 0 saturated carbocycles. The fourth-order valence-corrected chi connectivity index (χ4v) is 1.38. The molecule has 0 bridgehead atoms. The van der Waals surface area contributed by atoms with Crippen LogP contribution in [0.25, 0.3) is 0 Å². The van der Waals surface area contributed by atoms with Gasteiger partial charge in [0, 0.05) is 12.3 Å². The van der Waals surface area contributed by atoms with Crippen LogP contribution in [0.2, 0.25) is 0 Å². The van der Waals surface area contributed by atoms with Gasteiger partial charge in [0.1, 0.15) is 6.04 Å². The predicted molar refractivity (Wildman–Crippen MR) is 39.9 cm³/mol. The van der Waals surface area contributed by atoms with Crippen molar-refractivity contribution in [2.45, 2.75) is 18.9 Å². The third-order valence-electron chi connectivity index (χ3n) is 1.94. The van der Waals surface area contributed by atoms with Crippen molar-refractivity contribution in [3.63, 3.8) is 0 Å². The van der Waals surface area contributed by atoms with Gasteiger partial charge >= 0.3 is 11.9 Å². The molecule has 6 nitrogen and oxygen atoms in total.